The van der Waals surface area contributed by atoms with E-state index in [1.807, 2.05) is 0 Å². The lowest BCUT2D eigenvalue weighted by molar-refractivity contribution is -0.147. The molecule has 0 aliphatic heterocycles. The van der Waals surface area contributed by atoms with Gasteiger partial charge in [-0.25, -0.2) is 0 Å². The Morgan fingerprint density at radius 1 is 0.955 bits per heavy atom. The molecule has 124 valence electrons. The zero-order chi connectivity index (χ0) is 15.4. The number of carboxylic acid groups (broad SMARTS) is 1. The van der Waals surface area contributed by atoms with Gasteiger partial charge in [0.1, 0.15) is 0 Å². The lowest BCUT2D eigenvalue weighted by Crippen LogP contribution is -2.52. The third-order valence-corrected chi connectivity index (χ3v) is 8.61. The van der Waals surface area contributed by atoms with Crippen molar-refractivity contribution in [2.75, 3.05) is 0 Å². The predicted molar refractivity (Wildman–Crippen MR) is 87.5 cm³/mol. The molecule has 0 heterocycles. The van der Waals surface area contributed by atoms with E-state index < -0.39 is 5.97 Å². The van der Waals surface area contributed by atoms with Crippen molar-refractivity contribution in [1.29, 1.82) is 0 Å². The molecule has 0 radical (unpaired) electrons. The van der Waals surface area contributed by atoms with Crippen LogP contribution in [0.5, 0.6) is 0 Å². The Labute approximate surface area is 135 Å². The number of hydrogen-bond donors (Lipinski definition) is 1. The van der Waals surface area contributed by atoms with Gasteiger partial charge < -0.3 is 5.11 Å². The maximum atomic E-state index is 11.5. The van der Waals surface area contributed by atoms with E-state index in [4.69, 9.17) is 0 Å². The van der Waals surface area contributed by atoms with Crippen LogP contribution in [-0.2, 0) is 4.79 Å². The van der Waals surface area contributed by atoms with Crippen LogP contribution in [0.3, 0.4) is 0 Å². The highest BCUT2D eigenvalue weighted by Gasteiger charge is 2.58. The molecule has 4 aliphatic rings. The van der Waals surface area contributed by atoms with Crippen LogP contribution in [0.4, 0.5) is 0 Å². The molecule has 4 saturated carbocycles. The fourth-order valence-electron chi connectivity index (χ4n) is 7.70. The number of carboxylic acids is 1. The molecule has 0 bridgehead atoms. The Hall–Kier alpha value is -0.530. The second kappa shape index (κ2) is 5.24. The molecule has 4 fully saturated rings. The van der Waals surface area contributed by atoms with Crippen LogP contribution in [0.15, 0.2) is 0 Å². The molecule has 6 atom stereocenters. The number of hydrogen-bond acceptors (Lipinski definition) is 1. The van der Waals surface area contributed by atoms with Crippen LogP contribution in [0.1, 0.15) is 84.0 Å². The summed E-state index contributed by atoms with van der Waals surface area (Å²) in [5.41, 5.74) is 0.754. The maximum absolute atomic E-state index is 11.5. The van der Waals surface area contributed by atoms with Crippen LogP contribution in [-0.4, -0.2) is 11.1 Å². The lowest BCUT2D eigenvalue weighted by atomic mass is 9.45. The van der Waals surface area contributed by atoms with E-state index in [0.717, 1.165) is 23.7 Å². The Morgan fingerprint density at radius 2 is 1.82 bits per heavy atom. The summed E-state index contributed by atoms with van der Waals surface area (Å²) in [5.74, 6) is 2.88. The summed E-state index contributed by atoms with van der Waals surface area (Å²) in [6, 6.07) is 0. The fourth-order valence-corrected chi connectivity index (χ4v) is 7.70. The predicted octanol–water partition coefficient (Wildman–Crippen LogP) is 5.26. The second-order valence-electron chi connectivity index (χ2n) is 9.27. The Bertz CT molecular complexity index is 459. The van der Waals surface area contributed by atoms with Gasteiger partial charge in [0.2, 0.25) is 0 Å². The minimum Gasteiger partial charge on any atom is -0.481 e. The number of carbonyl (C=O) groups is 1. The summed E-state index contributed by atoms with van der Waals surface area (Å²) in [7, 11) is 0. The first-order valence-electron chi connectivity index (χ1n) is 9.77. The molecule has 4 rings (SSSR count). The monoisotopic (exact) mass is 304 g/mol. The van der Waals surface area contributed by atoms with Crippen molar-refractivity contribution in [3.63, 3.8) is 0 Å². The third-order valence-electron chi connectivity index (χ3n) is 8.61. The first kappa shape index (κ1) is 15.0. The highest BCUT2D eigenvalue weighted by atomic mass is 16.4. The van der Waals surface area contributed by atoms with Gasteiger partial charge in [-0.3, -0.25) is 4.79 Å². The van der Waals surface area contributed by atoms with Crippen molar-refractivity contribution >= 4 is 5.97 Å². The normalized spacial score (nSPS) is 50.8. The zero-order valence-electron chi connectivity index (χ0n) is 14.2. The van der Waals surface area contributed by atoms with Gasteiger partial charge in [0.15, 0.2) is 0 Å². The molecular weight excluding hydrogens is 272 g/mol. The van der Waals surface area contributed by atoms with Gasteiger partial charge in [-0.15, -0.1) is 0 Å². The molecule has 0 spiro atoms. The summed E-state index contributed by atoms with van der Waals surface area (Å²) in [4.78, 5) is 11.5. The average molecular weight is 304 g/mol. The van der Waals surface area contributed by atoms with Crippen LogP contribution in [0, 0.1) is 34.5 Å². The van der Waals surface area contributed by atoms with Gasteiger partial charge in [0.05, 0.1) is 6.42 Å². The molecule has 2 nitrogen and oxygen atoms in total. The highest BCUT2D eigenvalue weighted by Crippen LogP contribution is 2.67. The molecule has 0 aromatic rings. The van der Waals surface area contributed by atoms with Crippen LogP contribution in [0.2, 0.25) is 0 Å². The molecule has 4 aliphatic carbocycles. The Balaban J connectivity index is 1.62. The van der Waals surface area contributed by atoms with Crippen molar-refractivity contribution < 1.29 is 9.90 Å². The van der Waals surface area contributed by atoms with E-state index in [0.29, 0.717) is 11.8 Å². The van der Waals surface area contributed by atoms with E-state index in [1.165, 1.54) is 70.6 Å². The summed E-state index contributed by atoms with van der Waals surface area (Å²) in [6.07, 6.45) is 15.4. The molecule has 0 aromatic carbocycles. The van der Waals surface area contributed by atoms with Crippen LogP contribution < -0.4 is 0 Å². The van der Waals surface area contributed by atoms with Crippen molar-refractivity contribution in [1.82, 2.24) is 0 Å². The molecular formula is C20H32O2. The van der Waals surface area contributed by atoms with Gasteiger partial charge in [0, 0.05) is 0 Å². The van der Waals surface area contributed by atoms with Gasteiger partial charge >= 0.3 is 5.97 Å². The Morgan fingerprint density at radius 3 is 2.64 bits per heavy atom. The highest BCUT2D eigenvalue weighted by molar-refractivity contribution is 5.68. The molecule has 22 heavy (non-hydrogen) atoms. The fraction of sp³-hybridized carbons (Fsp3) is 0.950. The van der Waals surface area contributed by atoms with Crippen molar-refractivity contribution in [2.45, 2.75) is 84.0 Å². The van der Waals surface area contributed by atoms with Crippen molar-refractivity contribution in [3.8, 4) is 0 Å². The lowest BCUT2D eigenvalue weighted by Gasteiger charge is -2.60. The summed E-state index contributed by atoms with van der Waals surface area (Å²) >= 11 is 0. The van der Waals surface area contributed by atoms with E-state index in [-0.39, 0.29) is 5.41 Å². The van der Waals surface area contributed by atoms with Gasteiger partial charge in [-0.05, 0) is 85.9 Å². The van der Waals surface area contributed by atoms with Gasteiger partial charge in [-0.2, -0.15) is 0 Å². The number of aliphatic carboxylic acids is 1. The van der Waals surface area contributed by atoms with Crippen LogP contribution >= 0.6 is 0 Å². The topological polar surface area (TPSA) is 37.3 Å². The summed E-state index contributed by atoms with van der Waals surface area (Å²) in [6.45, 7) is 2.60. The minimum absolute atomic E-state index is 0.171. The van der Waals surface area contributed by atoms with Crippen molar-refractivity contribution in [3.05, 3.63) is 0 Å². The van der Waals surface area contributed by atoms with Crippen LogP contribution in [0.25, 0.3) is 0 Å². The van der Waals surface area contributed by atoms with E-state index in [1.54, 1.807) is 0 Å². The summed E-state index contributed by atoms with van der Waals surface area (Å²) < 4.78 is 0. The average Bonchev–Trinajstić information content (AvgIpc) is 2.89. The number of rotatable bonds is 2. The maximum Gasteiger partial charge on any atom is 0.303 e. The first-order valence-corrected chi connectivity index (χ1v) is 9.77. The van der Waals surface area contributed by atoms with E-state index in [9.17, 15) is 9.90 Å². The molecule has 2 heteroatoms. The molecule has 0 saturated heterocycles. The molecule has 0 aromatic heterocycles. The molecule has 0 amide bonds. The molecule has 1 N–H and O–H groups in total. The largest absolute Gasteiger partial charge is 0.481 e. The Kier molecular flexibility index (Phi) is 3.58. The quantitative estimate of drug-likeness (QED) is 0.755. The number of fused-ring (bicyclic) bond motifs is 5. The smallest absolute Gasteiger partial charge is 0.303 e. The minimum atomic E-state index is -0.553. The van der Waals surface area contributed by atoms with Gasteiger partial charge in [0.25, 0.3) is 0 Å². The second-order valence-corrected chi connectivity index (χ2v) is 9.27. The van der Waals surface area contributed by atoms with E-state index >= 15 is 0 Å². The third kappa shape index (κ3) is 2.08. The van der Waals surface area contributed by atoms with Crippen molar-refractivity contribution in [2.24, 2.45) is 34.5 Å². The summed E-state index contributed by atoms with van der Waals surface area (Å²) in [5, 5.41) is 9.44. The SMILES string of the molecule is C[C@]12CCCC[C@H]1CC[C@H]1[C@@H]3CCC[C@@]3(CC(=O)O)CC[C@@H]12. The zero-order valence-corrected chi connectivity index (χ0v) is 14.2. The van der Waals surface area contributed by atoms with Gasteiger partial charge in [-0.1, -0.05) is 26.2 Å². The first-order chi connectivity index (χ1) is 10.6. The molecule has 0 unspecified atom stereocenters. The van der Waals surface area contributed by atoms with E-state index in [2.05, 4.69) is 6.92 Å². The standard InChI is InChI=1S/C20H32O2/c1-19-10-3-2-5-14(19)7-8-15-16(19)9-12-20(13-18(21)22)11-4-6-17(15)20/h14-17H,2-13H2,1H3,(H,21,22)/t14-,15+,16-,17-,19-,20-/m0/s1.